The zero-order valence-electron chi connectivity index (χ0n) is 10.8. The Morgan fingerprint density at radius 2 is 1.90 bits per heavy atom. The van der Waals surface area contributed by atoms with Gasteiger partial charge < -0.3 is 5.32 Å². The third kappa shape index (κ3) is 4.17. The summed E-state index contributed by atoms with van der Waals surface area (Å²) in [5.41, 5.74) is 0.689. The van der Waals surface area contributed by atoms with E-state index in [0.29, 0.717) is 15.7 Å². The molecule has 1 atom stereocenters. The number of benzene rings is 2. The number of halogens is 2. The molecular weight excluding hydrogens is 313 g/mol. The number of carbonyl (C=O) groups excluding carboxylic acids is 1. The first-order valence-electron chi connectivity index (χ1n) is 6.04. The van der Waals surface area contributed by atoms with Gasteiger partial charge in [-0.05, 0) is 37.3 Å². The first-order chi connectivity index (χ1) is 9.56. The van der Waals surface area contributed by atoms with Gasteiger partial charge in [0.1, 0.15) is 0 Å². The number of anilines is 1. The molecule has 0 bridgehead atoms. The lowest BCUT2D eigenvalue weighted by molar-refractivity contribution is -0.115. The van der Waals surface area contributed by atoms with E-state index in [1.54, 1.807) is 24.3 Å². The molecule has 0 spiro atoms. The molecule has 0 saturated carbocycles. The van der Waals surface area contributed by atoms with Crippen molar-refractivity contribution in [1.29, 1.82) is 0 Å². The molecule has 0 aromatic heterocycles. The zero-order chi connectivity index (χ0) is 14.5. The van der Waals surface area contributed by atoms with Gasteiger partial charge in [-0.25, -0.2) is 0 Å². The number of nitrogens with one attached hydrogen (secondary N) is 1. The van der Waals surface area contributed by atoms with E-state index in [9.17, 15) is 4.79 Å². The predicted octanol–water partition coefficient (Wildman–Crippen LogP) is 5.11. The van der Waals surface area contributed by atoms with Gasteiger partial charge in [0.25, 0.3) is 0 Å². The van der Waals surface area contributed by atoms with Crippen LogP contribution in [-0.4, -0.2) is 11.2 Å². The summed E-state index contributed by atoms with van der Waals surface area (Å²) in [6.07, 6.45) is 0. The standard InChI is InChI=1S/C15H13Cl2NOS/c1-10(20-14-8-3-2-7-13(14)17)15(19)18-12-6-4-5-11(16)9-12/h2-10H,1H3,(H,18,19)/t10-/m1/s1. The molecule has 20 heavy (non-hydrogen) atoms. The van der Waals surface area contributed by atoms with Crippen molar-refractivity contribution in [2.75, 3.05) is 5.32 Å². The highest BCUT2D eigenvalue weighted by Gasteiger charge is 2.15. The average molecular weight is 326 g/mol. The smallest absolute Gasteiger partial charge is 0.237 e. The zero-order valence-corrected chi connectivity index (χ0v) is 13.1. The van der Waals surface area contributed by atoms with E-state index in [0.717, 1.165) is 4.90 Å². The Labute approximate surface area is 132 Å². The minimum atomic E-state index is -0.256. The van der Waals surface area contributed by atoms with E-state index < -0.39 is 0 Å². The van der Waals surface area contributed by atoms with Crippen LogP contribution < -0.4 is 5.32 Å². The van der Waals surface area contributed by atoms with Gasteiger partial charge in [-0.2, -0.15) is 0 Å². The molecule has 104 valence electrons. The first kappa shape index (κ1) is 15.2. The number of hydrogen-bond donors (Lipinski definition) is 1. The molecule has 0 heterocycles. The maximum absolute atomic E-state index is 12.1. The Morgan fingerprint density at radius 1 is 1.15 bits per heavy atom. The highest BCUT2D eigenvalue weighted by Crippen LogP contribution is 2.30. The Morgan fingerprint density at radius 3 is 2.60 bits per heavy atom. The Hall–Kier alpha value is -1.16. The minimum Gasteiger partial charge on any atom is -0.325 e. The van der Waals surface area contributed by atoms with Crippen molar-refractivity contribution in [3.8, 4) is 0 Å². The molecule has 1 amide bonds. The van der Waals surface area contributed by atoms with Crippen molar-refractivity contribution in [1.82, 2.24) is 0 Å². The van der Waals surface area contributed by atoms with E-state index in [1.807, 2.05) is 31.2 Å². The molecule has 2 nitrogen and oxygen atoms in total. The first-order valence-corrected chi connectivity index (χ1v) is 7.67. The summed E-state index contributed by atoms with van der Waals surface area (Å²) in [5, 5.41) is 3.82. The number of hydrogen-bond acceptors (Lipinski definition) is 2. The molecule has 0 aliphatic carbocycles. The summed E-state index contributed by atoms with van der Waals surface area (Å²) < 4.78 is 0. The van der Waals surface area contributed by atoms with Crippen LogP contribution in [0.3, 0.4) is 0 Å². The Balaban J connectivity index is 2.01. The lowest BCUT2D eigenvalue weighted by atomic mass is 10.3. The molecule has 0 radical (unpaired) electrons. The van der Waals surface area contributed by atoms with Crippen molar-refractivity contribution in [3.63, 3.8) is 0 Å². The maximum Gasteiger partial charge on any atom is 0.237 e. The topological polar surface area (TPSA) is 29.1 Å². The monoisotopic (exact) mass is 325 g/mol. The van der Waals surface area contributed by atoms with Crippen LogP contribution >= 0.6 is 35.0 Å². The molecule has 2 aromatic carbocycles. The Bertz CT molecular complexity index is 618. The molecule has 0 saturated heterocycles. The molecule has 2 rings (SSSR count). The van der Waals surface area contributed by atoms with Gasteiger partial charge in [0.2, 0.25) is 5.91 Å². The van der Waals surface area contributed by atoms with Crippen LogP contribution in [0.1, 0.15) is 6.92 Å². The number of amides is 1. The van der Waals surface area contributed by atoms with Crippen molar-refractivity contribution >= 4 is 46.6 Å². The van der Waals surface area contributed by atoms with Crippen LogP contribution in [0.15, 0.2) is 53.4 Å². The van der Waals surface area contributed by atoms with Crippen molar-refractivity contribution in [3.05, 3.63) is 58.6 Å². The Kier molecular flexibility index (Phi) is 5.35. The molecule has 5 heteroatoms. The average Bonchev–Trinajstić information content (AvgIpc) is 2.41. The lowest BCUT2D eigenvalue weighted by Gasteiger charge is -2.13. The van der Waals surface area contributed by atoms with Gasteiger partial charge in [-0.1, -0.05) is 41.4 Å². The number of thioether (sulfide) groups is 1. The predicted molar refractivity (Wildman–Crippen MR) is 86.9 cm³/mol. The fraction of sp³-hybridized carbons (Fsp3) is 0.133. The molecular formula is C15H13Cl2NOS. The summed E-state index contributed by atoms with van der Waals surface area (Å²) in [4.78, 5) is 13.0. The SMILES string of the molecule is C[C@@H](Sc1ccccc1Cl)C(=O)Nc1cccc(Cl)c1. The quantitative estimate of drug-likeness (QED) is 0.791. The lowest BCUT2D eigenvalue weighted by Crippen LogP contribution is -2.22. The molecule has 2 aromatic rings. The van der Waals surface area contributed by atoms with Gasteiger partial charge in [0.05, 0.1) is 10.3 Å². The fourth-order valence-corrected chi connectivity index (χ4v) is 2.94. The van der Waals surface area contributed by atoms with Crippen LogP contribution in [0.25, 0.3) is 0 Å². The van der Waals surface area contributed by atoms with E-state index >= 15 is 0 Å². The third-order valence-electron chi connectivity index (χ3n) is 2.60. The van der Waals surface area contributed by atoms with Gasteiger partial charge in [0.15, 0.2) is 0 Å². The van der Waals surface area contributed by atoms with Crippen LogP contribution in [0.2, 0.25) is 10.0 Å². The van der Waals surface area contributed by atoms with Crippen LogP contribution in [0, 0.1) is 0 Å². The molecule has 0 aliphatic rings. The van der Waals surface area contributed by atoms with E-state index in [-0.39, 0.29) is 11.2 Å². The fourth-order valence-electron chi connectivity index (χ4n) is 1.59. The van der Waals surface area contributed by atoms with Crippen LogP contribution in [0.5, 0.6) is 0 Å². The van der Waals surface area contributed by atoms with E-state index in [1.165, 1.54) is 11.8 Å². The summed E-state index contributed by atoms with van der Waals surface area (Å²) in [5.74, 6) is -0.0859. The summed E-state index contributed by atoms with van der Waals surface area (Å²) >= 11 is 13.4. The minimum absolute atomic E-state index is 0.0859. The van der Waals surface area contributed by atoms with Gasteiger partial charge in [-0.15, -0.1) is 11.8 Å². The summed E-state index contributed by atoms with van der Waals surface area (Å²) in [7, 11) is 0. The van der Waals surface area contributed by atoms with Crippen molar-refractivity contribution in [2.45, 2.75) is 17.1 Å². The molecule has 0 aliphatic heterocycles. The summed E-state index contributed by atoms with van der Waals surface area (Å²) in [6, 6.07) is 14.5. The molecule has 0 fully saturated rings. The molecule has 0 unspecified atom stereocenters. The normalized spacial score (nSPS) is 11.9. The molecule has 1 N–H and O–H groups in total. The summed E-state index contributed by atoms with van der Waals surface area (Å²) in [6.45, 7) is 1.84. The second kappa shape index (κ2) is 7.02. The highest BCUT2D eigenvalue weighted by atomic mass is 35.5. The number of carbonyl (C=O) groups is 1. The highest BCUT2D eigenvalue weighted by molar-refractivity contribution is 8.00. The van der Waals surface area contributed by atoms with Gasteiger partial charge >= 0.3 is 0 Å². The van der Waals surface area contributed by atoms with Crippen molar-refractivity contribution < 1.29 is 4.79 Å². The van der Waals surface area contributed by atoms with Crippen molar-refractivity contribution in [2.24, 2.45) is 0 Å². The third-order valence-corrected chi connectivity index (χ3v) is 4.46. The van der Waals surface area contributed by atoms with Crippen LogP contribution in [0.4, 0.5) is 5.69 Å². The largest absolute Gasteiger partial charge is 0.325 e. The second-order valence-electron chi connectivity index (χ2n) is 4.19. The maximum atomic E-state index is 12.1. The van der Waals surface area contributed by atoms with Gasteiger partial charge in [-0.3, -0.25) is 4.79 Å². The van der Waals surface area contributed by atoms with E-state index in [4.69, 9.17) is 23.2 Å². The second-order valence-corrected chi connectivity index (χ2v) is 6.42. The van der Waals surface area contributed by atoms with E-state index in [2.05, 4.69) is 5.32 Å². The number of rotatable bonds is 4. The van der Waals surface area contributed by atoms with Crippen LogP contribution in [-0.2, 0) is 4.79 Å². The van der Waals surface area contributed by atoms with Gasteiger partial charge in [0, 0.05) is 15.6 Å².